The van der Waals surface area contributed by atoms with E-state index in [-0.39, 0.29) is 9.20 Å². The minimum Gasteiger partial charge on any atom is -0.379 e. The van der Waals surface area contributed by atoms with Crippen LogP contribution < -0.4 is 0 Å². The largest absolute Gasteiger partial charge is 0.379 e. The van der Waals surface area contributed by atoms with Gasteiger partial charge in [-0.3, -0.25) is 0 Å². The van der Waals surface area contributed by atoms with Crippen molar-refractivity contribution in [2.75, 3.05) is 26.3 Å². The highest BCUT2D eigenvalue weighted by Gasteiger charge is 2.08. The van der Waals surface area contributed by atoms with Crippen LogP contribution in [-0.4, -0.2) is 46.6 Å². The van der Waals surface area contributed by atoms with Gasteiger partial charge in [0.2, 0.25) is 0 Å². The summed E-state index contributed by atoms with van der Waals surface area (Å²) >= 11 is 2.61. The van der Waals surface area contributed by atoms with Crippen molar-refractivity contribution in [3.05, 3.63) is 0 Å². The van der Waals surface area contributed by atoms with Crippen molar-refractivity contribution < 1.29 is 4.74 Å². The standard InChI is InChI=1S/C4H12INOSi2/c5-8-9-6-1-3-7-4-2-6/h1-4,8-9H2. The molecule has 0 radical (unpaired) electrons. The fraction of sp³-hybridized carbons (Fsp3) is 1.00. The molecule has 5 heteroatoms. The van der Waals surface area contributed by atoms with Crippen molar-refractivity contribution in [3.8, 4) is 0 Å². The van der Waals surface area contributed by atoms with Gasteiger partial charge in [-0.05, 0) is 0 Å². The molecule has 1 heterocycles. The van der Waals surface area contributed by atoms with Gasteiger partial charge in [0, 0.05) is 13.1 Å². The van der Waals surface area contributed by atoms with Gasteiger partial charge < -0.3 is 9.30 Å². The Labute approximate surface area is 73.1 Å². The summed E-state index contributed by atoms with van der Waals surface area (Å²) in [6.45, 7) is 4.77. The lowest BCUT2D eigenvalue weighted by molar-refractivity contribution is 0.0734. The average Bonchev–Trinajstić information content (AvgIpc) is 1.91. The molecule has 0 aromatic heterocycles. The van der Waals surface area contributed by atoms with Gasteiger partial charge >= 0.3 is 0 Å². The monoisotopic (exact) mass is 273 g/mol. The first kappa shape index (κ1) is 8.18. The number of ether oxygens (including phenoxy) is 1. The van der Waals surface area contributed by atoms with Gasteiger partial charge in [-0.2, -0.15) is 0 Å². The normalized spacial score (nSPS) is 25.0. The molecule has 0 aliphatic carbocycles. The summed E-state index contributed by atoms with van der Waals surface area (Å²) in [6, 6.07) is 0. The van der Waals surface area contributed by atoms with E-state index in [4.69, 9.17) is 4.74 Å². The van der Waals surface area contributed by atoms with Crippen LogP contribution in [-0.2, 0) is 4.74 Å². The highest BCUT2D eigenvalue weighted by molar-refractivity contribution is 14.1. The first-order valence-electron chi connectivity index (χ1n) is 3.29. The van der Waals surface area contributed by atoms with Crippen LogP contribution in [0.15, 0.2) is 0 Å². The number of rotatable bonds is 2. The first-order chi connectivity index (χ1) is 4.43. The Hall–Kier alpha value is 1.08. The van der Waals surface area contributed by atoms with E-state index in [0.717, 1.165) is 13.2 Å². The third-order valence-corrected chi connectivity index (χ3v) is 9.68. The number of halogens is 1. The van der Waals surface area contributed by atoms with E-state index in [1.807, 2.05) is 0 Å². The smallest absolute Gasteiger partial charge is 0.0973 e. The van der Waals surface area contributed by atoms with Crippen molar-refractivity contribution in [2.45, 2.75) is 0 Å². The minimum atomic E-state index is 0.255. The number of nitrogens with zero attached hydrogens (tertiary/aromatic N) is 1. The zero-order valence-corrected chi connectivity index (χ0v) is 10.5. The highest BCUT2D eigenvalue weighted by atomic mass is 127. The second-order valence-electron chi connectivity index (χ2n) is 2.14. The summed E-state index contributed by atoms with van der Waals surface area (Å²) < 4.78 is 7.88. The molecule has 0 aromatic rings. The van der Waals surface area contributed by atoms with Gasteiger partial charge in [-0.15, -0.1) is 21.8 Å². The van der Waals surface area contributed by atoms with Gasteiger partial charge in [0.25, 0.3) is 0 Å². The van der Waals surface area contributed by atoms with Gasteiger partial charge in [0.05, 0.1) is 28.9 Å². The van der Waals surface area contributed by atoms with Gasteiger partial charge in [0.1, 0.15) is 0 Å². The average molecular weight is 273 g/mol. The van der Waals surface area contributed by atoms with Crippen LogP contribution in [0.25, 0.3) is 0 Å². The van der Waals surface area contributed by atoms with Crippen molar-refractivity contribution in [1.29, 1.82) is 0 Å². The van der Waals surface area contributed by atoms with Crippen LogP contribution in [0.5, 0.6) is 0 Å². The van der Waals surface area contributed by atoms with Gasteiger partial charge in [0.15, 0.2) is 0 Å². The zero-order chi connectivity index (χ0) is 6.53. The lowest BCUT2D eigenvalue weighted by atomic mass is 10.5. The molecule has 0 bridgehead atoms. The molecule has 1 saturated heterocycles. The van der Waals surface area contributed by atoms with Crippen LogP contribution in [0.1, 0.15) is 0 Å². The number of hydrogen-bond donors (Lipinski definition) is 0. The fourth-order valence-corrected chi connectivity index (χ4v) is 10.1. The third-order valence-electron chi connectivity index (χ3n) is 1.50. The highest BCUT2D eigenvalue weighted by Crippen LogP contribution is 1.93. The Bertz CT molecular complexity index is 76.2. The third kappa shape index (κ3) is 3.12. The van der Waals surface area contributed by atoms with Gasteiger partial charge in [-0.1, -0.05) is 0 Å². The first-order valence-corrected chi connectivity index (χ1v) is 13.0. The quantitative estimate of drug-likeness (QED) is 0.357. The Balaban J connectivity index is 2.08. The number of morpholine rings is 1. The Morgan fingerprint density at radius 2 is 2.00 bits per heavy atom. The molecule has 0 spiro atoms. The SMILES string of the molecule is I[SiH2][SiH2]N1CCOCC1. The van der Waals surface area contributed by atoms with E-state index in [0.29, 0.717) is 6.53 Å². The Morgan fingerprint density at radius 1 is 1.33 bits per heavy atom. The van der Waals surface area contributed by atoms with Crippen molar-refractivity contribution in [1.82, 2.24) is 4.57 Å². The van der Waals surface area contributed by atoms with E-state index in [9.17, 15) is 0 Å². The Morgan fingerprint density at radius 3 is 2.56 bits per heavy atom. The van der Waals surface area contributed by atoms with Crippen LogP contribution in [0.3, 0.4) is 0 Å². The molecule has 0 atom stereocenters. The van der Waals surface area contributed by atoms with E-state index < -0.39 is 0 Å². The van der Waals surface area contributed by atoms with Crippen LogP contribution >= 0.6 is 21.8 Å². The van der Waals surface area contributed by atoms with Crippen molar-refractivity contribution >= 4 is 37.5 Å². The molecule has 0 aromatic carbocycles. The lowest BCUT2D eigenvalue weighted by Crippen LogP contribution is -2.40. The summed E-state index contributed by atoms with van der Waals surface area (Å²) in [5.41, 5.74) is 0. The molecule has 0 amide bonds. The maximum Gasteiger partial charge on any atom is 0.0973 e. The zero-order valence-electron chi connectivity index (χ0n) is 5.48. The maximum absolute atomic E-state index is 5.24. The van der Waals surface area contributed by atoms with Crippen LogP contribution in [0.2, 0.25) is 0 Å². The number of hydrogen-bond acceptors (Lipinski definition) is 2. The topological polar surface area (TPSA) is 12.5 Å². The van der Waals surface area contributed by atoms with Gasteiger partial charge in [-0.25, -0.2) is 0 Å². The summed E-state index contributed by atoms with van der Waals surface area (Å²) in [7, 11) is 0.255. The molecule has 0 saturated carbocycles. The molecule has 1 aliphatic rings. The maximum atomic E-state index is 5.24. The van der Waals surface area contributed by atoms with Crippen LogP contribution in [0, 0.1) is 0 Å². The molecule has 1 aliphatic heterocycles. The van der Waals surface area contributed by atoms with E-state index in [1.54, 1.807) is 0 Å². The predicted molar refractivity (Wildman–Crippen MR) is 53.5 cm³/mol. The summed E-state index contributed by atoms with van der Waals surface area (Å²) in [5.74, 6) is 0. The summed E-state index contributed by atoms with van der Waals surface area (Å²) in [5, 5.41) is 0. The molecule has 1 fully saturated rings. The van der Waals surface area contributed by atoms with E-state index in [2.05, 4.69) is 26.4 Å². The van der Waals surface area contributed by atoms with E-state index >= 15 is 0 Å². The second-order valence-corrected chi connectivity index (χ2v) is 16.0. The molecular formula is C4H12INOSi2. The molecule has 54 valence electrons. The minimum absolute atomic E-state index is 0.255. The molecule has 0 N–H and O–H groups in total. The second kappa shape index (κ2) is 4.83. The molecule has 9 heavy (non-hydrogen) atoms. The molecule has 1 rings (SSSR count). The van der Waals surface area contributed by atoms with Crippen molar-refractivity contribution in [3.63, 3.8) is 0 Å². The van der Waals surface area contributed by atoms with Crippen LogP contribution in [0.4, 0.5) is 0 Å². The predicted octanol–water partition coefficient (Wildman–Crippen LogP) is -1.16. The molecular weight excluding hydrogens is 261 g/mol. The molecule has 2 nitrogen and oxygen atoms in total. The van der Waals surface area contributed by atoms with E-state index in [1.165, 1.54) is 13.1 Å². The van der Waals surface area contributed by atoms with Crippen molar-refractivity contribution in [2.24, 2.45) is 0 Å². The Kier molecular flexibility index (Phi) is 4.39. The lowest BCUT2D eigenvalue weighted by Gasteiger charge is -2.25. The molecule has 0 unspecified atom stereocenters. The summed E-state index contributed by atoms with van der Waals surface area (Å²) in [6.07, 6.45) is 0. The fourth-order valence-electron chi connectivity index (χ4n) is 0.944. The summed E-state index contributed by atoms with van der Waals surface area (Å²) in [4.78, 5) is 0.